The van der Waals surface area contributed by atoms with Crippen LogP contribution < -0.4 is 10.6 Å². The highest BCUT2D eigenvalue weighted by molar-refractivity contribution is 8.00. The molecule has 50 heavy (non-hydrogen) atoms. The van der Waals surface area contributed by atoms with Gasteiger partial charge in [-0.1, -0.05) is 176 Å². The first-order valence-electron chi connectivity index (χ1n) is 17.4. The van der Waals surface area contributed by atoms with E-state index in [4.69, 9.17) is 0 Å². The maximum absolute atomic E-state index is 4.11. The first kappa shape index (κ1) is 28.3. The molecule has 8 aromatic rings. The van der Waals surface area contributed by atoms with E-state index >= 15 is 0 Å². The van der Waals surface area contributed by atoms with E-state index in [1.165, 1.54) is 87.1 Å². The topological polar surface area (TPSA) is 24.1 Å². The van der Waals surface area contributed by atoms with Crippen molar-refractivity contribution in [3.63, 3.8) is 0 Å². The molecule has 2 N–H and O–H groups in total. The Bertz CT molecular complexity index is 2580. The lowest BCUT2D eigenvalue weighted by molar-refractivity contribution is 0.500. The molecule has 2 aliphatic heterocycles. The van der Waals surface area contributed by atoms with Crippen molar-refractivity contribution in [1.82, 2.24) is 5.32 Å². The van der Waals surface area contributed by atoms with Crippen LogP contribution in [0.1, 0.15) is 51.2 Å². The van der Waals surface area contributed by atoms with Crippen molar-refractivity contribution in [3.8, 4) is 11.1 Å². The van der Waals surface area contributed by atoms with Gasteiger partial charge in [-0.3, -0.25) is 5.32 Å². The predicted molar refractivity (Wildman–Crippen MR) is 207 cm³/mol. The summed E-state index contributed by atoms with van der Waals surface area (Å²) in [5.41, 5.74) is 12.5. The van der Waals surface area contributed by atoms with Crippen LogP contribution in [0.15, 0.2) is 180 Å². The van der Waals surface area contributed by atoms with Gasteiger partial charge in [0.25, 0.3) is 0 Å². The molecule has 2 nitrogen and oxygen atoms in total. The van der Waals surface area contributed by atoms with Crippen LogP contribution in [0.5, 0.6) is 0 Å². The maximum atomic E-state index is 4.11. The molecule has 2 atom stereocenters. The largest absolute Gasteiger partial charge is 0.366 e. The van der Waals surface area contributed by atoms with Crippen LogP contribution >= 0.6 is 11.8 Å². The zero-order valence-electron chi connectivity index (χ0n) is 27.2. The van der Waals surface area contributed by atoms with Gasteiger partial charge in [-0.15, -0.1) is 0 Å². The van der Waals surface area contributed by atoms with E-state index in [0.717, 1.165) is 0 Å². The van der Waals surface area contributed by atoms with Crippen LogP contribution in [0.4, 0.5) is 5.69 Å². The van der Waals surface area contributed by atoms with Gasteiger partial charge >= 0.3 is 0 Å². The molecule has 3 heteroatoms. The minimum atomic E-state index is -0.519. The standard InChI is InChI=1S/C47H32N2S/c1-2-15-31(16-3-1)43-36-20-9-11-24-41(36)48-46(49-43)37-22-12-21-35-34-19-8-10-23-38(34)47(42(35)37)39-27-25-29-13-4-6-17-32(29)44(39)50-45-33-18-7-5-14-30(33)26-28-40(45)47/h1-28,43,46,48-49H. The summed E-state index contributed by atoms with van der Waals surface area (Å²) >= 11 is 1.95. The number of fused-ring (bicyclic) bond motifs is 14. The van der Waals surface area contributed by atoms with Crippen molar-refractivity contribution in [3.05, 3.63) is 209 Å². The molecule has 0 aromatic heterocycles. The van der Waals surface area contributed by atoms with Crippen molar-refractivity contribution in [2.45, 2.75) is 27.4 Å². The van der Waals surface area contributed by atoms with Gasteiger partial charge in [-0.25, -0.2) is 0 Å². The van der Waals surface area contributed by atoms with Gasteiger partial charge in [-0.05, 0) is 77.7 Å². The fraction of sp³-hybridized carbons (Fsp3) is 0.0638. The van der Waals surface area contributed by atoms with Gasteiger partial charge in [-0.2, -0.15) is 0 Å². The van der Waals surface area contributed by atoms with Gasteiger partial charge < -0.3 is 5.32 Å². The smallest absolute Gasteiger partial charge is 0.104 e. The highest BCUT2D eigenvalue weighted by atomic mass is 32.2. The Labute approximate surface area is 295 Å². The Morgan fingerprint density at radius 1 is 0.460 bits per heavy atom. The molecule has 8 aromatic carbocycles. The predicted octanol–water partition coefficient (Wildman–Crippen LogP) is 11.6. The summed E-state index contributed by atoms with van der Waals surface area (Å²) < 4.78 is 0. The normalized spacial score (nSPS) is 17.8. The molecule has 2 unspecified atom stereocenters. The lowest BCUT2D eigenvalue weighted by Crippen LogP contribution is -2.40. The van der Waals surface area contributed by atoms with Crippen molar-refractivity contribution in [1.29, 1.82) is 0 Å². The summed E-state index contributed by atoms with van der Waals surface area (Å²) in [4.78, 5) is 2.70. The van der Waals surface area contributed by atoms with E-state index in [1.807, 2.05) is 11.8 Å². The Kier molecular flexibility index (Phi) is 6.04. The number of nitrogens with one attached hydrogen (secondary N) is 2. The number of para-hydroxylation sites is 1. The van der Waals surface area contributed by atoms with Gasteiger partial charge in [0, 0.05) is 15.5 Å². The van der Waals surface area contributed by atoms with Crippen LogP contribution in [0.3, 0.4) is 0 Å². The van der Waals surface area contributed by atoms with E-state index in [2.05, 4.69) is 180 Å². The van der Waals surface area contributed by atoms with Crippen LogP contribution in [0.2, 0.25) is 0 Å². The van der Waals surface area contributed by atoms with Gasteiger partial charge in [0.2, 0.25) is 0 Å². The first-order chi connectivity index (χ1) is 24.8. The quantitative estimate of drug-likeness (QED) is 0.194. The van der Waals surface area contributed by atoms with E-state index in [0.29, 0.717) is 0 Å². The van der Waals surface area contributed by atoms with E-state index < -0.39 is 5.41 Å². The molecule has 2 heterocycles. The molecular formula is C47H32N2S. The molecule has 11 rings (SSSR count). The number of anilines is 1. The summed E-state index contributed by atoms with van der Waals surface area (Å²) in [7, 11) is 0. The van der Waals surface area contributed by atoms with E-state index in [1.54, 1.807) is 0 Å². The summed E-state index contributed by atoms with van der Waals surface area (Å²) in [6.45, 7) is 0. The summed E-state index contributed by atoms with van der Waals surface area (Å²) in [5, 5.41) is 13.3. The zero-order valence-corrected chi connectivity index (χ0v) is 28.0. The second-order valence-electron chi connectivity index (χ2n) is 13.7. The average molecular weight is 657 g/mol. The minimum Gasteiger partial charge on any atom is -0.366 e. The Morgan fingerprint density at radius 3 is 1.82 bits per heavy atom. The van der Waals surface area contributed by atoms with Gasteiger partial charge in [0.15, 0.2) is 0 Å². The maximum Gasteiger partial charge on any atom is 0.104 e. The first-order valence-corrected chi connectivity index (χ1v) is 18.2. The molecular weight excluding hydrogens is 625 g/mol. The summed E-state index contributed by atoms with van der Waals surface area (Å²) in [6, 6.07) is 63.1. The third kappa shape index (κ3) is 3.79. The second-order valence-corrected chi connectivity index (χ2v) is 14.7. The summed E-state index contributed by atoms with van der Waals surface area (Å²) in [6.07, 6.45) is -0.126. The molecule has 0 fully saturated rings. The van der Waals surface area contributed by atoms with E-state index in [9.17, 15) is 0 Å². The monoisotopic (exact) mass is 656 g/mol. The van der Waals surface area contributed by atoms with Gasteiger partial charge in [0.05, 0.1) is 11.5 Å². The molecule has 3 aliphatic rings. The lowest BCUT2D eigenvalue weighted by atomic mass is 9.65. The van der Waals surface area contributed by atoms with Crippen LogP contribution in [-0.4, -0.2) is 0 Å². The fourth-order valence-corrected chi connectivity index (χ4v) is 10.6. The number of rotatable bonds is 2. The van der Waals surface area contributed by atoms with Gasteiger partial charge in [0.1, 0.15) is 6.17 Å². The Hall–Kier alpha value is -5.61. The van der Waals surface area contributed by atoms with E-state index in [-0.39, 0.29) is 12.2 Å². The molecule has 0 radical (unpaired) electrons. The fourth-order valence-electron chi connectivity index (χ4n) is 9.16. The number of hydrogen-bond acceptors (Lipinski definition) is 3. The molecule has 0 bridgehead atoms. The molecule has 0 saturated heterocycles. The van der Waals surface area contributed by atoms with Crippen LogP contribution in [0, 0.1) is 0 Å². The molecule has 0 saturated carbocycles. The molecule has 236 valence electrons. The lowest BCUT2D eigenvalue weighted by Gasteiger charge is -2.43. The summed E-state index contributed by atoms with van der Waals surface area (Å²) in [5.74, 6) is 0. The Balaban J connectivity index is 1.25. The van der Waals surface area contributed by atoms with Crippen molar-refractivity contribution < 1.29 is 0 Å². The SMILES string of the molecule is c1ccc(C2NC(c3cccc4c3C3(c5ccccc5-4)c4ccc5ccccc5c4Sc4c3ccc3ccccc43)Nc3ccccc32)cc1. The molecule has 1 spiro atoms. The van der Waals surface area contributed by atoms with Crippen LogP contribution in [-0.2, 0) is 5.41 Å². The van der Waals surface area contributed by atoms with Crippen LogP contribution in [0.25, 0.3) is 32.7 Å². The molecule has 1 aliphatic carbocycles. The average Bonchev–Trinajstić information content (AvgIpc) is 3.48. The molecule has 0 amide bonds. The zero-order chi connectivity index (χ0) is 32.8. The van der Waals surface area contributed by atoms with Crippen molar-refractivity contribution in [2.75, 3.05) is 5.32 Å². The Morgan fingerprint density at radius 2 is 1.06 bits per heavy atom. The highest BCUT2D eigenvalue weighted by Gasteiger charge is 2.52. The third-order valence-electron chi connectivity index (χ3n) is 11.2. The minimum absolute atomic E-state index is 0.0450. The van der Waals surface area contributed by atoms with Crippen molar-refractivity contribution in [2.24, 2.45) is 0 Å². The number of benzene rings is 8. The third-order valence-corrected chi connectivity index (χ3v) is 12.5. The second kappa shape index (κ2) is 10.7. The van der Waals surface area contributed by atoms with Crippen molar-refractivity contribution >= 4 is 39.0 Å². The highest BCUT2D eigenvalue weighted by Crippen LogP contribution is 2.65. The number of hydrogen-bond donors (Lipinski definition) is 2.